The van der Waals surface area contributed by atoms with Crippen LogP contribution in [0.5, 0.6) is 5.75 Å². The molecule has 0 fully saturated rings. The number of sulfonamides is 1. The van der Waals surface area contributed by atoms with Crippen LogP contribution in [0.3, 0.4) is 0 Å². The van der Waals surface area contributed by atoms with E-state index < -0.39 is 15.6 Å². The van der Waals surface area contributed by atoms with Gasteiger partial charge in [-0.1, -0.05) is 25.1 Å². The molecule has 158 valence electrons. The predicted octanol–water partition coefficient (Wildman–Crippen LogP) is 3.96. The van der Waals surface area contributed by atoms with E-state index in [9.17, 15) is 13.2 Å². The maximum absolute atomic E-state index is 12.9. The Labute approximate surface area is 173 Å². The van der Waals surface area contributed by atoms with Gasteiger partial charge in [-0.2, -0.15) is 0 Å². The summed E-state index contributed by atoms with van der Waals surface area (Å²) in [6, 6.07) is 11.9. The van der Waals surface area contributed by atoms with Crippen molar-refractivity contribution < 1.29 is 17.9 Å². The van der Waals surface area contributed by atoms with Crippen LogP contribution < -0.4 is 14.8 Å². The second-order valence-corrected chi connectivity index (χ2v) is 9.72. The molecule has 2 aromatic rings. The summed E-state index contributed by atoms with van der Waals surface area (Å²) >= 11 is 0. The molecule has 0 saturated heterocycles. The third kappa shape index (κ3) is 6.05. The van der Waals surface area contributed by atoms with Gasteiger partial charge >= 0.3 is 0 Å². The summed E-state index contributed by atoms with van der Waals surface area (Å²) < 4.78 is 33.1. The molecule has 0 saturated carbocycles. The Morgan fingerprint density at radius 1 is 1.10 bits per heavy atom. The van der Waals surface area contributed by atoms with Gasteiger partial charge in [-0.25, -0.2) is 13.1 Å². The second kappa shape index (κ2) is 8.97. The Morgan fingerprint density at radius 3 is 2.24 bits per heavy atom. The van der Waals surface area contributed by atoms with E-state index in [2.05, 4.69) is 10.0 Å². The van der Waals surface area contributed by atoms with Gasteiger partial charge in [-0.05, 0) is 69.5 Å². The molecule has 2 aromatic carbocycles. The Hall–Kier alpha value is -2.38. The van der Waals surface area contributed by atoms with Gasteiger partial charge in [-0.3, -0.25) is 4.79 Å². The monoisotopic (exact) mass is 418 g/mol. The Kier molecular flexibility index (Phi) is 7.08. The SMILES string of the molecule is CCC(NC(=O)c1cc(S(=O)(=O)NC(C)(C)C)ccc1C)c1ccc(OC)cc1. The molecule has 0 aromatic heterocycles. The molecule has 0 aliphatic carbocycles. The lowest BCUT2D eigenvalue weighted by Gasteiger charge is -2.21. The molecule has 1 unspecified atom stereocenters. The van der Waals surface area contributed by atoms with Gasteiger partial charge in [0.05, 0.1) is 18.0 Å². The number of hydrogen-bond acceptors (Lipinski definition) is 4. The minimum absolute atomic E-state index is 0.0701. The number of benzene rings is 2. The van der Waals surface area contributed by atoms with Crippen molar-refractivity contribution in [1.29, 1.82) is 0 Å². The van der Waals surface area contributed by atoms with Gasteiger partial charge < -0.3 is 10.1 Å². The highest BCUT2D eigenvalue weighted by molar-refractivity contribution is 7.89. The van der Waals surface area contributed by atoms with Crippen LogP contribution in [0.1, 0.15) is 61.6 Å². The molecule has 29 heavy (non-hydrogen) atoms. The minimum atomic E-state index is -3.73. The lowest BCUT2D eigenvalue weighted by molar-refractivity contribution is 0.0934. The number of hydrogen-bond donors (Lipinski definition) is 2. The smallest absolute Gasteiger partial charge is 0.252 e. The fraction of sp³-hybridized carbons (Fsp3) is 0.409. The van der Waals surface area contributed by atoms with Crippen LogP contribution in [-0.4, -0.2) is 27.0 Å². The van der Waals surface area contributed by atoms with Crippen LogP contribution in [0.2, 0.25) is 0 Å². The molecule has 0 radical (unpaired) electrons. The third-order valence-corrected chi connectivity index (χ3v) is 6.19. The van der Waals surface area contributed by atoms with Crippen molar-refractivity contribution in [1.82, 2.24) is 10.0 Å². The van der Waals surface area contributed by atoms with Gasteiger partial charge in [0.1, 0.15) is 5.75 Å². The Bertz CT molecular complexity index is 961. The van der Waals surface area contributed by atoms with E-state index in [1.165, 1.54) is 12.1 Å². The maximum atomic E-state index is 12.9. The number of aryl methyl sites for hydroxylation is 1. The fourth-order valence-electron chi connectivity index (χ4n) is 2.97. The average Bonchev–Trinajstić information content (AvgIpc) is 2.64. The quantitative estimate of drug-likeness (QED) is 0.713. The van der Waals surface area contributed by atoms with Crippen LogP contribution >= 0.6 is 0 Å². The summed E-state index contributed by atoms with van der Waals surface area (Å²) in [4.78, 5) is 13.0. The van der Waals surface area contributed by atoms with Crippen molar-refractivity contribution in [2.24, 2.45) is 0 Å². The van der Waals surface area contributed by atoms with Crippen molar-refractivity contribution in [3.05, 3.63) is 59.2 Å². The number of carbonyl (C=O) groups is 1. The number of ether oxygens (including phenoxy) is 1. The highest BCUT2D eigenvalue weighted by atomic mass is 32.2. The van der Waals surface area contributed by atoms with Crippen molar-refractivity contribution in [3.63, 3.8) is 0 Å². The second-order valence-electron chi connectivity index (χ2n) is 8.04. The minimum Gasteiger partial charge on any atom is -0.497 e. The molecule has 2 rings (SSSR count). The molecule has 0 bridgehead atoms. The number of rotatable bonds is 7. The number of carbonyl (C=O) groups excluding carboxylic acids is 1. The highest BCUT2D eigenvalue weighted by Gasteiger charge is 2.24. The lowest BCUT2D eigenvalue weighted by Crippen LogP contribution is -2.40. The van der Waals surface area contributed by atoms with Crippen LogP contribution in [-0.2, 0) is 10.0 Å². The molecule has 2 N–H and O–H groups in total. The lowest BCUT2D eigenvalue weighted by atomic mass is 10.0. The van der Waals surface area contributed by atoms with Crippen LogP contribution in [0.4, 0.5) is 0 Å². The van der Waals surface area contributed by atoms with Gasteiger partial charge in [0.2, 0.25) is 10.0 Å². The van der Waals surface area contributed by atoms with Crippen LogP contribution in [0.25, 0.3) is 0 Å². The fourth-order valence-corrected chi connectivity index (χ4v) is 4.41. The normalized spacial score (nSPS) is 13.0. The maximum Gasteiger partial charge on any atom is 0.252 e. The third-order valence-electron chi connectivity index (χ3n) is 4.44. The molecule has 0 aliphatic heterocycles. The molecule has 7 heteroatoms. The molecular formula is C22H30N2O4S. The van der Waals surface area contributed by atoms with Gasteiger partial charge in [0.25, 0.3) is 5.91 Å². The summed E-state index contributed by atoms with van der Waals surface area (Å²) in [5.41, 5.74) is 1.39. The first-order valence-electron chi connectivity index (χ1n) is 9.56. The van der Waals surface area contributed by atoms with E-state index in [1.54, 1.807) is 40.9 Å². The molecule has 1 amide bonds. The van der Waals surface area contributed by atoms with E-state index in [0.29, 0.717) is 17.5 Å². The Balaban J connectivity index is 2.29. The van der Waals surface area contributed by atoms with Crippen LogP contribution in [0.15, 0.2) is 47.4 Å². The first kappa shape index (κ1) is 22.9. The van der Waals surface area contributed by atoms with E-state index in [4.69, 9.17) is 4.74 Å². The molecule has 0 aliphatic rings. The largest absolute Gasteiger partial charge is 0.497 e. The Morgan fingerprint density at radius 2 is 1.72 bits per heavy atom. The summed E-state index contributed by atoms with van der Waals surface area (Å²) in [6.45, 7) is 9.08. The van der Waals surface area contributed by atoms with E-state index in [0.717, 1.165) is 11.3 Å². The topological polar surface area (TPSA) is 84.5 Å². The number of nitrogens with one attached hydrogen (secondary N) is 2. The first-order chi connectivity index (χ1) is 13.5. The van der Waals surface area contributed by atoms with Crippen molar-refractivity contribution >= 4 is 15.9 Å². The summed E-state index contributed by atoms with van der Waals surface area (Å²) in [7, 11) is -2.12. The average molecular weight is 419 g/mol. The van der Waals surface area contributed by atoms with Gasteiger partial charge in [-0.15, -0.1) is 0 Å². The molecule has 0 spiro atoms. The van der Waals surface area contributed by atoms with Crippen LogP contribution in [0, 0.1) is 6.92 Å². The van der Waals surface area contributed by atoms with Crippen molar-refractivity contribution in [3.8, 4) is 5.75 Å². The standard InChI is InChI=1S/C22H30N2O4S/c1-7-20(16-9-11-17(28-6)12-10-16)23-21(25)19-14-18(13-8-15(19)2)29(26,27)24-22(3,4)5/h8-14,20,24H,7H2,1-6H3,(H,23,25). The molecule has 6 nitrogen and oxygen atoms in total. The van der Waals surface area contributed by atoms with Crippen molar-refractivity contribution in [2.45, 2.75) is 57.5 Å². The summed E-state index contributed by atoms with van der Waals surface area (Å²) in [6.07, 6.45) is 0.695. The van der Waals surface area contributed by atoms with Gasteiger partial charge in [0, 0.05) is 11.1 Å². The zero-order chi connectivity index (χ0) is 21.8. The molecule has 1 atom stereocenters. The van der Waals surface area contributed by atoms with E-state index in [1.807, 2.05) is 31.2 Å². The van der Waals surface area contributed by atoms with E-state index >= 15 is 0 Å². The summed E-state index contributed by atoms with van der Waals surface area (Å²) in [5.74, 6) is 0.438. The highest BCUT2D eigenvalue weighted by Crippen LogP contribution is 2.22. The molecular weight excluding hydrogens is 388 g/mol. The number of methoxy groups -OCH3 is 1. The predicted molar refractivity (Wildman–Crippen MR) is 115 cm³/mol. The zero-order valence-electron chi connectivity index (χ0n) is 17.9. The van der Waals surface area contributed by atoms with E-state index in [-0.39, 0.29) is 16.8 Å². The summed E-state index contributed by atoms with van der Waals surface area (Å²) in [5, 5.41) is 3.01. The molecule has 0 heterocycles. The first-order valence-corrected chi connectivity index (χ1v) is 11.0. The zero-order valence-corrected chi connectivity index (χ0v) is 18.7. The number of amides is 1. The van der Waals surface area contributed by atoms with Crippen molar-refractivity contribution in [2.75, 3.05) is 7.11 Å². The van der Waals surface area contributed by atoms with Gasteiger partial charge in [0.15, 0.2) is 0 Å².